The second-order valence-electron chi connectivity index (χ2n) is 4.91. The van der Waals surface area contributed by atoms with Gasteiger partial charge < -0.3 is 10.0 Å². The van der Waals surface area contributed by atoms with E-state index in [2.05, 4.69) is 11.8 Å². The molecular weight excluding hydrogens is 162 g/mol. The Kier molecular flexibility index (Phi) is 2.61. The predicted molar refractivity (Wildman–Crippen MR) is 53.6 cm³/mol. The van der Waals surface area contributed by atoms with Gasteiger partial charge in [-0.1, -0.05) is 6.92 Å². The fourth-order valence-electron chi connectivity index (χ4n) is 3.15. The van der Waals surface area contributed by atoms with Crippen LogP contribution in [0.4, 0.5) is 0 Å². The Morgan fingerprint density at radius 3 is 2.85 bits per heavy atom. The van der Waals surface area contributed by atoms with Crippen LogP contribution in [0.2, 0.25) is 0 Å². The van der Waals surface area contributed by atoms with Gasteiger partial charge in [0.15, 0.2) is 0 Å². The van der Waals surface area contributed by atoms with Gasteiger partial charge in [-0.3, -0.25) is 0 Å². The topological polar surface area (TPSA) is 23.5 Å². The van der Waals surface area contributed by atoms with Crippen LogP contribution in [0.5, 0.6) is 0 Å². The molecule has 2 atom stereocenters. The van der Waals surface area contributed by atoms with E-state index in [1.54, 1.807) is 0 Å². The normalized spacial score (nSPS) is 40.6. The average Bonchev–Trinajstić information content (AvgIpc) is 2.74. The lowest BCUT2D eigenvalue weighted by Gasteiger charge is -2.23. The van der Waals surface area contributed by atoms with Crippen LogP contribution in [-0.2, 0) is 0 Å². The second-order valence-corrected chi connectivity index (χ2v) is 4.91. The Balaban J connectivity index is 1.93. The number of rotatable bonds is 2. The maximum Gasteiger partial charge on any atom is 0.0459 e. The van der Waals surface area contributed by atoms with Crippen molar-refractivity contribution in [3.05, 3.63) is 0 Å². The summed E-state index contributed by atoms with van der Waals surface area (Å²) < 4.78 is 0. The van der Waals surface area contributed by atoms with Crippen molar-refractivity contribution in [2.45, 2.75) is 32.6 Å². The summed E-state index contributed by atoms with van der Waals surface area (Å²) >= 11 is 0. The van der Waals surface area contributed by atoms with Crippen LogP contribution in [0.3, 0.4) is 0 Å². The predicted octanol–water partition coefficient (Wildman–Crippen LogP) is 1.49. The molecule has 13 heavy (non-hydrogen) atoms. The quantitative estimate of drug-likeness (QED) is 0.701. The van der Waals surface area contributed by atoms with Crippen molar-refractivity contribution in [3.63, 3.8) is 0 Å². The molecule has 1 saturated carbocycles. The molecule has 2 fully saturated rings. The molecule has 0 aromatic heterocycles. The van der Waals surface area contributed by atoms with Crippen molar-refractivity contribution < 1.29 is 5.11 Å². The minimum absolute atomic E-state index is 0.411. The lowest BCUT2D eigenvalue weighted by Crippen LogP contribution is -2.25. The lowest BCUT2D eigenvalue weighted by molar-refractivity contribution is 0.206. The zero-order valence-electron chi connectivity index (χ0n) is 8.63. The molecule has 0 aromatic rings. The van der Waals surface area contributed by atoms with Gasteiger partial charge in [-0.05, 0) is 50.1 Å². The van der Waals surface area contributed by atoms with E-state index in [9.17, 15) is 0 Å². The second kappa shape index (κ2) is 3.58. The van der Waals surface area contributed by atoms with Crippen molar-refractivity contribution in [2.75, 3.05) is 26.2 Å². The summed E-state index contributed by atoms with van der Waals surface area (Å²) in [4.78, 5) is 2.56. The maximum absolute atomic E-state index is 9.12. The number of aliphatic hydroxyl groups is 1. The first-order valence-corrected chi connectivity index (χ1v) is 5.61. The molecule has 0 bridgehead atoms. The summed E-state index contributed by atoms with van der Waals surface area (Å²) in [5.74, 6) is 0.608. The van der Waals surface area contributed by atoms with Gasteiger partial charge in [0.25, 0.3) is 0 Å². The lowest BCUT2D eigenvalue weighted by atomic mass is 9.84. The molecule has 2 nitrogen and oxygen atoms in total. The number of hydrogen-bond donors (Lipinski definition) is 1. The van der Waals surface area contributed by atoms with Gasteiger partial charge in [-0.25, -0.2) is 0 Å². The molecule has 1 aliphatic carbocycles. The van der Waals surface area contributed by atoms with Gasteiger partial charge in [0.2, 0.25) is 0 Å². The Morgan fingerprint density at radius 1 is 1.46 bits per heavy atom. The average molecular weight is 183 g/mol. The van der Waals surface area contributed by atoms with Crippen LogP contribution in [0.25, 0.3) is 0 Å². The number of aliphatic hydroxyl groups excluding tert-OH is 1. The Bertz CT molecular complexity index is 161. The van der Waals surface area contributed by atoms with Gasteiger partial charge in [0, 0.05) is 13.2 Å². The summed E-state index contributed by atoms with van der Waals surface area (Å²) in [6.45, 7) is 6.44. The third-order valence-electron chi connectivity index (χ3n) is 4.03. The summed E-state index contributed by atoms with van der Waals surface area (Å²) in [6.07, 6.45) is 5.26. The molecule has 1 heterocycles. The molecule has 1 saturated heterocycles. The van der Waals surface area contributed by atoms with Gasteiger partial charge in [-0.2, -0.15) is 0 Å². The van der Waals surface area contributed by atoms with E-state index < -0.39 is 0 Å². The van der Waals surface area contributed by atoms with Crippen LogP contribution in [0.1, 0.15) is 32.6 Å². The third kappa shape index (κ3) is 1.75. The molecule has 0 amide bonds. The third-order valence-corrected chi connectivity index (χ3v) is 4.03. The summed E-state index contributed by atoms with van der Waals surface area (Å²) in [6, 6.07) is 0. The number of hydrogen-bond acceptors (Lipinski definition) is 2. The Hall–Kier alpha value is -0.0800. The van der Waals surface area contributed by atoms with Gasteiger partial charge in [-0.15, -0.1) is 0 Å². The van der Waals surface area contributed by atoms with Crippen molar-refractivity contribution >= 4 is 0 Å². The van der Waals surface area contributed by atoms with Crippen LogP contribution >= 0.6 is 0 Å². The summed E-state index contributed by atoms with van der Waals surface area (Å²) in [7, 11) is 0. The molecule has 76 valence electrons. The highest BCUT2D eigenvalue weighted by atomic mass is 16.3. The highest BCUT2D eigenvalue weighted by molar-refractivity contribution is 4.95. The van der Waals surface area contributed by atoms with Crippen molar-refractivity contribution in [3.8, 4) is 0 Å². The first-order chi connectivity index (χ1) is 6.28. The minimum Gasteiger partial charge on any atom is -0.396 e. The van der Waals surface area contributed by atoms with Gasteiger partial charge in [0.05, 0.1) is 0 Å². The zero-order valence-corrected chi connectivity index (χ0v) is 8.63. The van der Waals surface area contributed by atoms with Crippen molar-refractivity contribution in [1.82, 2.24) is 4.90 Å². The van der Waals surface area contributed by atoms with E-state index in [0.717, 1.165) is 0 Å². The first-order valence-electron chi connectivity index (χ1n) is 5.61. The molecule has 0 aromatic carbocycles. The maximum atomic E-state index is 9.12. The minimum atomic E-state index is 0.411. The molecule has 1 spiro atoms. The molecular formula is C11H21NO. The van der Waals surface area contributed by atoms with Gasteiger partial charge >= 0.3 is 0 Å². The van der Waals surface area contributed by atoms with Crippen molar-refractivity contribution in [1.29, 1.82) is 0 Å². The van der Waals surface area contributed by atoms with Crippen molar-refractivity contribution in [2.24, 2.45) is 11.3 Å². The van der Waals surface area contributed by atoms with E-state index in [1.165, 1.54) is 45.3 Å². The fourth-order valence-corrected chi connectivity index (χ4v) is 3.15. The van der Waals surface area contributed by atoms with E-state index >= 15 is 0 Å². The van der Waals surface area contributed by atoms with Crippen LogP contribution in [0, 0.1) is 11.3 Å². The standard InChI is InChI=1S/C11H21NO/c1-2-12-6-5-11(9-12)4-3-10(7-11)8-13/h10,13H,2-9H2,1H3/t10-,11+/m0/s1. The smallest absolute Gasteiger partial charge is 0.0459 e. The zero-order chi connectivity index (χ0) is 9.31. The van der Waals surface area contributed by atoms with Gasteiger partial charge in [0.1, 0.15) is 0 Å². The molecule has 1 N–H and O–H groups in total. The number of likely N-dealkylation sites (tertiary alicyclic amines) is 1. The highest BCUT2D eigenvalue weighted by Gasteiger charge is 2.43. The number of nitrogens with zero attached hydrogens (tertiary/aromatic N) is 1. The monoisotopic (exact) mass is 183 g/mol. The van der Waals surface area contributed by atoms with E-state index in [1.807, 2.05) is 0 Å². The first kappa shape index (κ1) is 9.47. The van der Waals surface area contributed by atoms with E-state index in [4.69, 9.17) is 5.11 Å². The summed E-state index contributed by atoms with van der Waals surface area (Å²) in [5.41, 5.74) is 0.601. The Labute approximate surface area is 80.9 Å². The molecule has 2 rings (SSSR count). The fraction of sp³-hybridized carbons (Fsp3) is 1.00. The highest BCUT2D eigenvalue weighted by Crippen LogP contribution is 2.47. The SMILES string of the molecule is CCN1CC[C@@]2(CC[C@H](CO)C2)C1. The molecule has 1 aliphatic heterocycles. The van der Waals surface area contributed by atoms with Crippen LogP contribution in [-0.4, -0.2) is 36.2 Å². The van der Waals surface area contributed by atoms with E-state index in [-0.39, 0.29) is 0 Å². The van der Waals surface area contributed by atoms with Crippen LogP contribution < -0.4 is 0 Å². The molecule has 0 unspecified atom stereocenters. The van der Waals surface area contributed by atoms with Crippen LogP contribution in [0.15, 0.2) is 0 Å². The molecule has 2 aliphatic rings. The largest absolute Gasteiger partial charge is 0.396 e. The summed E-state index contributed by atoms with van der Waals surface area (Å²) in [5, 5.41) is 9.12. The van der Waals surface area contributed by atoms with E-state index in [0.29, 0.717) is 17.9 Å². The Morgan fingerprint density at radius 2 is 2.31 bits per heavy atom. The molecule has 0 radical (unpaired) electrons. The molecule has 2 heteroatoms.